The molecule has 3 nitrogen and oxygen atoms in total. The molecule has 0 saturated carbocycles. The molecule has 0 amide bonds. The van der Waals surface area contributed by atoms with Gasteiger partial charge in [-0.25, -0.2) is 0 Å². The van der Waals surface area contributed by atoms with Gasteiger partial charge in [-0.2, -0.15) is 0 Å². The fourth-order valence-electron chi connectivity index (χ4n) is 13.6. The molecule has 73 heavy (non-hydrogen) atoms. The number of nitrogens with zero attached hydrogens (tertiary/aromatic N) is 2. The lowest BCUT2D eigenvalue weighted by Crippen LogP contribution is -2.61. The Kier molecular flexibility index (Phi) is 10.5. The molecule has 4 heteroatoms. The first kappa shape index (κ1) is 48.0. The molecule has 2 aliphatic heterocycles. The summed E-state index contributed by atoms with van der Waals surface area (Å²) in [5.41, 5.74) is 25.7. The molecule has 1 atom stereocenters. The molecule has 0 saturated heterocycles. The minimum Gasteiger partial charge on any atom is -0.468 e. The molecule has 1 aromatic heterocycles. The molecule has 6 aromatic carbocycles. The maximum Gasteiger partial charge on any atom is 0.297 e. The van der Waals surface area contributed by atoms with Gasteiger partial charge in [-0.05, 0) is 187 Å². The molecule has 3 aliphatic carbocycles. The van der Waals surface area contributed by atoms with Gasteiger partial charge in [-0.1, -0.05) is 176 Å². The van der Waals surface area contributed by atoms with Gasteiger partial charge in [0.05, 0.1) is 11.3 Å². The Balaban J connectivity index is 1.18. The van der Waals surface area contributed by atoms with E-state index in [0.29, 0.717) is 5.92 Å². The number of furan rings is 1. The van der Waals surface area contributed by atoms with Gasteiger partial charge in [0.15, 0.2) is 0 Å². The van der Waals surface area contributed by atoms with Gasteiger partial charge in [0.25, 0.3) is 6.71 Å². The lowest BCUT2D eigenvalue weighted by Gasteiger charge is -2.47. The van der Waals surface area contributed by atoms with Crippen molar-refractivity contribution < 1.29 is 4.42 Å². The van der Waals surface area contributed by atoms with Crippen LogP contribution in [-0.2, 0) is 27.1 Å². The highest BCUT2D eigenvalue weighted by Gasteiger charge is 2.50. The van der Waals surface area contributed by atoms with Crippen molar-refractivity contribution in [2.75, 3.05) is 9.80 Å². The van der Waals surface area contributed by atoms with E-state index in [4.69, 9.17) is 4.42 Å². The highest BCUT2D eigenvalue weighted by Crippen LogP contribution is 2.54. The molecule has 1 unspecified atom stereocenters. The highest BCUT2D eigenvalue weighted by atomic mass is 16.3. The SMILES string of the molecule is Cc1cc2c3c(c1)N(c1ccc4c(c1)C(C)(C)CCC4(C)C)c1cc4c(cc1B3c1oc3ccc(C(C)(C)C)cc3c1N2C1=CCC(C(C)(C)C)C=C1c1cccc(-c2ccccc2)c1)C(C)(C)CCC4(C)C. The Morgan fingerprint density at radius 1 is 0.562 bits per heavy atom. The van der Waals surface area contributed by atoms with Gasteiger partial charge in [-0.3, -0.25) is 0 Å². The van der Waals surface area contributed by atoms with Crippen LogP contribution in [0.1, 0.15) is 168 Å². The van der Waals surface area contributed by atoms with E-state index in [1.54, 1.807) is 0 Å². The number of hydrogen-bond acceptors (Lipinski definition) is 3. The number of rotatable bonds is 4. The molecule has 0 N–H and O–H groups in total. The number of anilines is 5. The van der Waals surface area contributed by atoms with E-state index in [0.717, 1.165) is 30.5 Å². The van der Waals surface area contributed by atoms with E-state index in [1.807, 2.05) is 0 Å². The summed E-state index contributed by atoms with van der Waals surface area (Å²) in [6.45, 7) is 36.1. The second-order valence-electron chi connectivity index (χ2n) is 27.6. The standard InChI is InChI=1S/C69H77BN2O/c1-42-34-58-61-59(35-42)72(56-28-24-46(64(2,3)4)37-49(56)45-23-19-22-44(36-45)43-20-17-16-18-21-43)62-50-38-47(65(5,6)7)25-29-60(50)73-63(62)70(61)55-40-53-54(69(14,15)33-32-68(53,12)13)41-57(55)71(58)48-26-27-51-52(39-48)67(10,11)31-30-66(51,8)9/h16-23,25-29,34-41,46H,24,30-33H2,1-15H3. The summed E-state index contributed by atoms with van der Waals surface area (Å²) in [7, 11) is 0. The van der Waals surface area contributed by atoms with E-state index < -0.39 is 0 Å². The quantitative estimate of drug-likeness (QED) is 0.164. The first-order valence-electron chi connectivity index (χ1n) is 27.6. The van der Waals surface area contributed by atoms with Crippen LogP contribution in [0.5, 0.6) is 0 Å². The Bertz CT molecular complexity index is 3490. The van der Waals surface area contributed by atoms with Crippen LogP contribution in [0.25, 0.3) is 27.7 Å². The summed E-state index contributed by atoms with van der Waals surface area (Å²) in [5, 5.41) is 1.18. The third-order valence-corrected chi connectivity index (χ3v) is 18.6. The first-order chi connectivity index (χ1) is 34.3. The smallest absolute Gasteiger partial charge is 0.297 e. The lowest BCUT2D eigenvalue weighted by molar-refractivity contribution is 0.294. The van der Waals surface area contributed by atoms with Crippen molar-refractivity contribution in [1.82, 2.24) is 0 Å². The topological polar surface area (TPSA) is 19.6 Å². The summed E-state index contributed by atoms with van der Waals surface area (Å²) in [4.78, 5) is 5.35. The van der Waals surface area contributed by atoms with Crippen LogP contribution in [-0.4, -0.2) is 6.71 Å². The molecule has 5 aliphatic rings. The average molecular weight is 961 g/mol. The molecule has 0 spiro atoms. The van der Waals surface area contributed by atoms with Crippen molar-refractivity contribution in [2.45, 2.75) is 163 Å². The highest BCUT2D eigenvalue weighted by molar-refractivity contribution is 7.00. The monoisotopic (exact) mass is 961 g/mol. The van der Waals surface area contributed by atoms with Crippen LogP contribution >= 0.6 is 0 Å². The number of hydrogen-bond donors (Lipinski definition) is 0. The predicted octanol–water partition coefficient (Wildman–Crippen LogP) is 17.2. The maximum atomic E-state index is 7.60. The molecular formula is C69H77BN2O. The zero-order valence-electron chi connectivity index (χ0n) is 46.6. The zero-order chi connectivity index (χ0) is 51.5. The van der Waals surface area contributed by atoms with E-state index in [9.17, 15) is 0 Å². The zero-order valence-corrected chi connectivity index (χ0v) is 46.6. The van der Waals surface area contributed by atoms with Gasteiger partial charge >= 0.3 is 0 Å². The largest absolute Gasteiger partial charge is 0.468 e. The fourth-order valence-corrected chi connectivity index (χ4v) is 13.6. The summed E-state index contributed by atoms with van der Waals surface area (Å²) in [6.07, 6.45) is 10.8. The molecule has 0 fully saturated rings. The van der Waals surface area contributed by atoms with E-state index >= 15 is 0 Å². The van der Waals surface area contributed by atoms with Crippen molar-refractivity contribution in [3.8, 4) is 11.1 Å². The molecule has 0 bridgehead atoms. The first-order valence-corrected chi connectivity index (χ1v) is 27.6. The Morgan fingerprint density at radius 2 is 1.16 bits per heavy atom. The van der Waals surface area contributed by atoms with Crippen LogP contribution in [0.15, 0.2) is 138 Å². The molecule has 0 radical (unpaired) electrons. The van der Waals surface area contributed by atoms with Crippen molar-refractivity contribution in [2.24, 2.45) is 11.3 Å². The Morgan fingerprint density at radius 3 is 1.82 bits per heavy atom. The fraction of sp³-hybridized carbons (Fsp3) is 0.391. The Labute approximate surface area is 437 Å². The summed E-state index contributed by atoms with van der Waals surface area (Å²) in [6, 6.07) is 45.0. The van der Waals surface area contributed by atoms with Crippen LogP contribution in [0, 0.1) is 18.3 Å². The molecular weight excluding hydrogens is 884 g/mol. The second-order valence-corrected chi connectivity index (χ2v) is 27.6. The van der Waals surface area contributed by atoms with Crippen LogP contribution in [0.2, 0.25) is 0 Å². The van der Waals surface area contributed by atoms with Crippen molar-refractivity contribution >= 4 is 68.3 Å². The van der Waals surface area contributed by atoms with Crippen molar-refractivity contribution in [1.29, 1.82) is 0 Å². The normalized spacial score (nSPS) is 20.1. The minimum absolute atomic E-state index is 0.0199. The number of aryl methyl sites for hydroxylation is 1. The number of benzene rings is 6. The summed E-state index contributed by atoms with van der Waals surface area (Å²) >= 11 is 0. The van der Waals surface area contributed by atoms with Gasteiger partial charge in [0.2, 0.25) is 0 Å². The average Bonchev–Trinajstić information content (AvgIpc) is 3.72. The van der Waals surface area contributed by atoms with E-state index in [1.165, 1.54) is 119 Å². The maximum absolute atomic E-state index is 7.60. The lowest BCUT2D eigenvalue weighted by atomic mass is 9.35. The Hall–Kier alpha value is -6.00. The summed E-state index contributed by atoms with van der Waals surface area (Å²) < 4.78 is 7.60. The number of allylic oxidation sites excluding steroid dienone is 3. The van der Waals surface area contributed by atoms with E-state index in [2.05, 4.69) is 241 Å². The second kappa shape index (κ2) is 16.0. The minimum atomic E-state index is -0.131. The molecule has 12 rings (SSSR count). The third-order valence-electron chi connectivity index (χ3n) is 18.6. The van der Waals surface area contributed by atoms with Gasteiger partial charge in [0, 0.05) is 39.4 Å². The molecule has 372 valence electrons. The van der Waals surface area contributed by atoms with Crippen LogP contribution < -0.4 is 26.4 Å². The van der Waals surface area contributed by atoms with Crippen LogP contribution in [0.3, 0.4) is 0 Å². The van der Waals surface area contributed by atoms with Crippen molar-refractivity contribution in [3.63, 3.8) is 0 Å². The van der Waals surface area contributed by atoms with Gasteiger partial charge < -0.3 is 14.2 Å². The van der Waals surface area contributed by atoms with Gasteiger partial charge in [0.1, 0.15) is 5.58 Å². The van der Waals surface area contributed by atoms with E-state index in [-0.39, 0.29) is 39.2 Å². The third kappa shape index (κ3) is 7.57. The molecule has 7 aromatic rings. The predicted molar refractivity (Wildman–Crippen MR) is 314 cm³/mol. The van der Waals surface area contributed by atoms with Gasteiger partial charge in [-0.15, -0.1) is 0 Å². The van der Waals surface area contributed by atoms with Crippen LogP contribution in [0.4, 0.5) is 28.4 Å². The van der Waals surface area contributed by atoms with Crippen molar-refractivity contribution in [3.05, 3.63) is 172 Å². The number of fused-ring (bicyclic) bond motifs is 8. The molecule has 3 heterocycles. The summed E-state index contributed by atoms with van der Waals surface area (Å²) in [5.74, 6) is 0.350.